The monoisotopic (exact) mass is 428 g/mol. The van der Waals surface area contributed by atoms with E-state index in [9.17, 15) is 4.79 Å². The fourth-order valence-corrected chi connectivity index (χ4v) is 5.30. The van der Waals surface area contributed by atoms with Crippen LogP contribution in [0, 0.1) is 0 Å². The molecule has 0 aliphatic carbocycles. The maximum atomic E-state index is 12.7. The number of nitrogens with one attached hydrogen (secondary N) is 1. The first kappa shape index (κ1) is 21.2. The van der Waals surface area contributed by atoms with E-state index in [-0.39, 0.29) is 11.9 Å². The smallest absolute Gasteiger partial charge is 0.240 e. The predicted octanol–water partition coefficient (Wildman–Crippen LogP) is 1.46. The summed E-state index contributed by atoms with van der Waals surface area (Å²) in [5.74, 6) is 3.11. The molecule has 162 valence electrons. The molecule has 0 spiro atoms. The molecule has 1 aromatic carbocycles. The van der Waals surface area contributed by atoms with E-state index in [0.29, 0.717) is 6.04 Å². The summed E-state index contributed by atoms with van der Waals surface area (Å²) in [6, 6.07) is 10.4. The normalized spacial score (nSPS) is 26.4. The van der Waals surface area contributed by atoms with E-state index >= 15 is 0 Å². The van der Waals surface area contributed by atoms with Gasteiger partial charge in [0.05, 0.1) is 17.6 Å². The molecule has 8 heteroatoms. The van der Waals surface area contributed by atoms with Gasteiger partial charge in [0.25, 0.3) is 0 Å². The van der Waals surface area contributed by atoms with Gasteiger partial charge >= 0.3 is 0 Å². The van der Waals surface area contributed by atoms with Crippen molar-refractivity contribution >= 4 is 29.2 Å². The van der Waals surface area contributed by atoms with Crippen LogP contribution < -0.4 is 11.1 Å². The van der Waals surface area contributed by atoms with Crippen LogP contribution in [0.3, 0.4) is 0 Å². The molecule has 3 saturated heterocycles. The number of amidine groups is 1. The molecule has 0 saturated carbocycles. The number of piperazine rings is 1. The molecule has 4 rings (SSSR count). The number of benzene rings is 1. The highest BCUT2D eigenvalue weighted by molar-refractivity contribution is 7.99. The average Bonchev–Trinajstić information content (AvgIpc) is 3.46. The predicted molar refractivity (Wildman–Crippen MR) is 124 cm³/mol. The van der Waals surface area contributed by atoms with Crippen molar-refractivity contribution in [2.45, 2.75) is 25.4 Å². The van der Waals surface area contributed by atoms with Gasteiger partial charge in [-0.3, -0.25) is 9.69 Å². The first-order valence-electron chi connectivity index (χ1n) is 10.8. The minimum atomic E-state index is -0.0234. The molecule has 3 aliphatic heterocycles. The van der Waals surface area contributed by atoms with E-state index < -0.39 is 0 Å². The fourth-order valence-electron chi connectivity index (χ4n) is 4.34. The quantitative estimate of drug-likeness (QED) is 0.559. The fraction of sp³-hybridized carbons (Fsp3) is 0.545. The summed E-state index contributed by atoms with van der Waals surface area (Å²) in [5.41, 5.74) is 7.67. The first-order chi connectivity index (χ1) is 14.6. The zero-order valence-electron chi connectivity index (χ0n) is 17.7. The Balaban J connectivity index is 1.34. The van der Waals surface area contributed by atoms with Crippen LogP contribution in [0.2, 0.25) is 0 Å². The lowest BCUT2D eigenvalue weighted by Gasteiger charge is -2.38. The van der Waals surface area contributed by atoms with Crippen molar-refractivity contribution in [3.05, 3.63) is 42.1 Å². The van der Waals surface area contributed by atoms with Crippen molar-refractivity contribution in [1.29, 1.82) is 0 Å². The van der Waals surface area contributed by atoms with Crippen LogP contribution in [0.15, 0.2) is 47.1 Å². The zero-order chi connectivity index (χ0) is 20.9. The molecule has 3 heterocycles. The Morgan fingerprint density at radius 2 is 1.93 bits per heavy atom. The third kappa shape index (κ3) is 5.17. The first-order valence-corrected chi connectivity index (χ1v) is 11.9. The number of aliphatic imine (C=N–C) groups is 1. The lowest BCUT2D eigenvalue weighted by Crippen LogP contribution is -2.52. The van der Waals surface area contributed by atoms with Gasteiger partial charge in [0.15, 0.2) is 0 Å². The Hall–Kier alpha value is -2.03. The van der Waals surface area contributed by atoms with Crippen molar-refractivity contribution in [3.63, 3.8) is 0 Å². The second kappa shape index (κ2) is 9.85. The number of amides is 1. The SMILES string of the molecule is C/C(N)=C/C(=Nc1ccccc1)N1CCN([C@@H]2CN[C@H](C(=O)N3CCSC3)C2)CC1. The lowest BCUT2D eigenvalue weighted by molar-refractivity contribution is -0.131. The summed E-state index contributed by atoms with van der Waals surface area (Å²) in [5, 5.41) is 3.47. The molecule has 3 aliphatic rings. The third-order valence-electron chi connectivity index (χ3n) is 5.98. The second-order valence-electron chi connectivity index (χ2n) is 8.21. The van der Waals surface area contributed by atoms with Crippen molar-refractivity contribution in [2.24, 2.45) is 10.7 Å². The highest BCUT2D eigenvalue weighted by Gasteiger charge is 2.36. The molecule has 0 bridgehead atoms. The minimum absolute atomic E-state index is 0.0234. The van der Waals surface area contributed by atoms with E-state index in [4.69, 9.17) is 10.7 Å². The van der Waals surface area contributed by atoms with E-state index in [0.717, 1.165) is 74.5 Å². The summed E-state index contributed by atoms with van der Waals surface area (Å²) < 4.78 is 0. The Labute approximate surface area is 183 Å². The highest BCUT2D eigenvalue weighted by Crippen LogP contribution is 2.21. The van der Waals surface area contributed by atoms with E-state index in [2.05, 4.69) is 15.1 Å². The number of thioether (sulfide) groups is 1. The molecule has 3 fully saturated rings. The summed E-state index contributed by atoms with van der Waals surface area (Å²) in [6.45, 7) is 7.45. The Morgan fingerprint density at radius 1 is 1.17 bits per heavy atom. The molecule has 1 aromatic rings. The largest absolute Gasteiger partial charge is 0.402 e. The molecule has 0 radical (unpaired) electrons. The Kier molecular flexibility index (Phi) is 6.97. The Bertz CT molecular complexity index is 780. The minimum Gasteiger partial charge on any atom is -0.402 e. The van der Waals surface area contributed by atoms with Gasteiger partial charge in [0.2, 0.25) is 5.91 Å². The van der Waals surface area contributed by atoms with E-state index in [1.807, 2.05) is 60.0 Å². The van der Waals surface area contributed by atoms with Crippen LogP contribution in [-0.2, 0) is 4.79 Å². The van der Waals surface area contributed by atoms with E-state index in [1.54, 1.807) is 0 Å². The number of hydrogen-bond acceptors (Lipinski definition) is 6. The number of rotatable bonds is 4. The van der Waals surface area contributed by atoms with Crippen LogP contribution in [0.5, 0.6) is 0 Å². The number of carbonyl (C=O) groups is 1. The van der Waals surface area contributed by atoms with E-state index in [1.165, 1.54) is 0 Å². The number of nitrogens with zero attached hydrogens (tertiary/aromatic N) is 4. The van der Waals surface area contributed by atoms with Gasteiger partial charge in [-0.2, -0.15) is 0 Å². The summed E-state index contributed by atoms with van der Waals surface area (Å²) in [4.78, 5) is 24.3. The molecule has 3 N–H and O–H groups in total. The van der Waals surface area contributed by atoms with Crippen LogP contribution in [-0.4, -0.2) is 89.4 Å². The molecular weight excluding hydrogens is 396 g/mol. The maximum absolute atomic E-state index is 12.7. The van der Waals surface area contributed by atoms with Crippen molar-refractivity contribution in [3.8, 4) is 0 Å². The summed E-state index contributed by atoms with van der Waals surface area (Å²) >= 11 is 1.84. The molecule has 7 nitrogen and oxygen atoms in total. The van der Waals surface area contributed by atoms with Crippen LogP contribution in [0.1, 0.15) is 13.3 Å². The van der Waals surface area contributed by atoms with Gasteiger partial charge in [-0.05, 0) is 31.6 Å². The van der Waals surface area contributed by atoms with Crippen LogP contribution >= 0.6 is 11.8 Å². The Morgan fingerprint density at radius 3 is 2.60 bits per heavy atom. The molecule has 2 atom stereocenters. The van der Waals surface area contributed by atoms with Gasteiger partial charge < -0.3 is 20.9 Å². The summed E-state index contributed by atoms with van der Waals surface area (Å²) in [6.07, 6.45) is 2.87. The molecule has 0 unspecified atom stereocenters. The number of allylic oxidation sites excluding steroid dienone is 1. The van der Waals surface area contributed by atoms with Gasteiger partial charge in [0, 0.05) is 56.8 Å². The standard InChI is InChI=1S/C22H32N6OS/c1-17(23)13-21(25-18-5-3-2-4-6-18)27-9-7-26(8-10-27)19-14-20(24-15-19)22(29)28-11-12-30-16-28/h2-6,13,19-20,24H,7-12,14-16,23H2,1H3/b17-13-,25-21?/t19-,20-/m0/s1. The van der Waals surface area contributed by atoms with Gasteiger partial charge in [-0.1, -0.05) is 18.2 Å². The molecule has 1 amide bonds. The average molecular weight is 429 g/mol. The molecular formula is C22H32N6OS. The summed E-state index contributed by atoms with van der Waals surface area (Å²) in [7, 11) is 0. The van der Waals surface area contributed by atoms with Gasteiger partial charge in [-0.15, -0.1) is 11.8 Å². The maximum Gasteiger partial charge on any atom is 0.240 e. The highest BCUT2D eigenvalue weighted by atomic mass is 32.2. The van der Waals surface area contributed by atoms with Crippen LogP contribution in [0.4, 0.5) is 5.69 Å². The van der Waals surface area contributed by atoms with Crippen LogP contribution in [0.25, 0.3) is 0 Å². The van der Waals surface area contributed by atoms with Crippen molar-refractivity contribution < 1.29 is 4.79 Å². The molecule has 30 heavy (non-hydrogen) atoms. The topological polar surface area (TPSA) is 77.2 Å². The van der Waals surface area contributed by atoms with Crippen molar-refractivity contribution in [1.82, 2.24) is 20.0 Å². The van der Waals surface area contributed by atoms with Gasteiger partial charge in [-0.25, -0.2) is 4.99 Å². The van der Waals surface area contributed by atoms with Crippen molar-refractivity contribution in [2.75, 3.05) is 50.9 Å². The number of nitrogens with two attached hydrogens (primary N) is 1. The lowest BCUT2D eigenvalue weighted by atomic mass is 10.1. The number of para-hydroxylation sites is 1. The van der Waals surface area contributed by atoms with Gasteiger partial charge in [0.1, 0.15) is 5.84 Å². The zero-order valence-corrected chi connectivity index (χ0v) is 18.5. The third-order valence-corrected chi connectivity index (χ3v) is 6.95. The molecule has 0 aromatic heterocycles. The number of carbonyl (C=O) groups excluding carboxylic acids is 1. The second-order valence-corrected chi connectivity index (χ2v) is 9.28. The number of hydrogen-bond donors (Lipinski definition) is 2.